The number of aliphatic hydroxyl groups excluding tert-OH is 1. The molecule has 4 nitrogen and oxygen atoms in total. The van der Waals surface area contributed by atoms with Gasteiger partial charge >= 0.3 is 11.4 Å². The van der Waals surface area contributed by atoms with Crippen molar-refractivity contribution in [3.8, 4) is 0 Å². The molecular formula is C4H8O4S. The second-order valence-corrected chi connectivity index (χ2v) is 1.83. The molecule has 1 unspecified atom stereocenters. The summed E-state index contributed by atoms with van der Waals surface area (Å²) < 4.78 is 21.9. The molecule has 2 N–H and O–H groups in total. The van der Waals surface area contributed by atoms with Crippen LogP contribution in [0.2, 0.25) is 0 Å². The molecule has 1 atom stereocenters. The van der Waals surface area contributed by atoms with Crippen molar-refractivity contribution in [3.63, 3.8) is 0 Å². The topological polar surface area (TPSA) is 66.8 Å². The van der Waals surface area contributed by atoms with E-state index in [0.29, 0.717) is 0 Å². The highest BCUT2D eigenvalue weighted by molar-refractivity contribution is 7.74. The second-order valence-electron chi connectivity index (χ2n) is 1.16. The van der Waals surface area contributed by atoms with Gasteiger partial charge in [-0.05, 0) is 0 Å². The Morgan fingerprint density at radius 3 is 2.67 bits per heavy atom. The van der Waals surface area contributed by atoms with Gasteiger partial charge in [-0.3, -0.25) is 8.74 Å². The molecule has 0 aliphatic carbocycles. The SMILES string of the molecule is O=S(O)OCC=CCO. The van der Waals surface area contributed by atoms with E-state index >= 15 is 0 Å². The minimum absolute atomic E-state index is 0.0453. The van der Waals surface area contributed by atoms with Crippen molar-refractivity contribution in [2.24, 2.45) is 0 Å². The van der Waals surface area contributed by atoms with E-state index in [0.717, 1.165) is 0 Å². The Kier molecular flexibility index (Phi) is 5.75. The van der Waals surface area contributed by atoms with E-state index in [1.807, 2.05) is 0 Å². The smallest absolute Gasteiger partial charge is 0.302 e. The molecular weight excluding hydrogens is 144 g/mol. The number of hydrogen-bond donors (Lipinski definition) is 2. The Labute approximate surface area is 55.6 Å². The first kappa shape index (κ1) is 8.77. The van der Waals surface area contributed by atoms with Crippen LogP contribution < -0.4 is 0 Å². The lowest BCUT2D eigenvalue weighted by Gasteiger charge is -1.88. The predicted octanol–water partition coefficient (Wildman–Crippen LogP) is -0.312. The van der Waals surface area contributed by atoms with E-state index in [9.17, 15) is 4.21 Å². The Bertz CT molecular complexity index is 111. The third-order valence-corrected chi connectivity index (χ3v) is 0.875. The summed E-state index contributed by atoms with van der Waals surface area (Å²) in [6.07, 6.45) is 2.88. The van der Waals surface area contributed by atoms with Crippen LogP contribution in [0.15, 0.2) is 12.2 Å². The third-order valence-electron chi connectivity index (χ3n) is 0.537. The molecule has 9 heavy (non-hydrogen) atoms. The largest absolute Gasteiger partial charge is 0.392 e. The summed E-state index contributed by atoms with van der Waals surface area (Å²) in [5.41, 5.74) is 0. The molecule has 0 bridgehead atoms. The van der Waals surface area contributed by atoms with Gasteiger partial charge in [0, 0.05) is 0 Å². The average Bonchev–Trinajstić information content (AvgIpc) is 1.80. The molecule has 0 fully saturated rings. The van der Waals surface area contributed by atoms with E-state index in [-0.39, 0.29) is 13.2 Å². The van der Waals surface area contributed by atoms with Crippen LogP contribution in [0.3, 0.4) is 0 Å². The van der Waals surface area contributed by atoms with E-state index < -0.39 is 11.4 Å². The van der Waals surface area contributed by atoms with Gasteiger partial charge in [-0.1, -0.05) is 12.2 Å². The average molecular weight is 152 g/mol. The molecule has 0 radical (unpaired) electrons. The summed E-state index contributed by atoms with van der Waals surface area (Å²) in [4.78, 5) is 0. The van der Waals surface area contributed by atoms with E-state index in [1.165, 1.54) is 12.2 Å². The maximum Gasteiger partial charge on any atom is 0.302 e. The van der Waals surface area contributed by atoms with Crippen molar-refractivity contribution < 1.29 is 18.1 Å². The van der Waals surface area contributed by atoms with Crippen molar-refractivity contribution in [1.82, 2.24) is 0 Å². The second kappa shape index (κ2) is 5.90. The number of rotatable bonds is 4. The lowest BCUT2D eigenvalue weighted by Crippen LogP contribution is -1.93. The van der Waals surface area contributed by atoms with Crippen molar-refractivity contribution in [2.75, 3.05) is 13.2 Å². The minimum atomic E-state index is -2.20. The first-order chi connectivity index (χ1) is 4.27. The molecule has 54 valence electrons. The van der Waals surface area contributed by atoms with Crippen molar-refractivity contribution >= 4 is 11.4 Å². The normalized spacial score (nSPS) is 14.4. The zero-order valence-electron chi connectivity index (χ0n) is 4.69. The van der Waals surface area contributed by atoms with Crippen molar-refractivity contribution in [1.29, 1.82) is 0 Å². The van der Waals surface area contributed by atoms with Gasteiger partial charge in [0.05, 0.1) is 13.2 Å². The molecule has 0 amide bonds. The lowest BCUT2D eigenvalue weighted by molar-refractivity contribution is 0.331. The predicted molar refractivity (Wildman–Crippen MR) is 32.9 cm³/mol. The molecule has 0 heterocycles. The van der Waals surface area contributed by atoms with Crippen molar-refractivity contribution in [3.05, 3.63) is 12.2 Å². The van der Waals surface area contributed by atoms with Crippen molar-refractivity contribution in [2.45, 2.75) is 0 Å². The van der Waals surface area contributed by atoms with Gasteiger partial charge in [0.25, 0.3) is 0 Å². The molecule has 0 spiro atoms. The molecule has 0 aromatic rings. The van der Waals surface area contributed by atoms with Gasteiger partial charge in [0.2, 0.25) is 0 Å². The van der Waals surface area contributed by atoms with Gasteiger partial charge in [-0.2, -0.15) is 4.21 Å². The van der Waals surface area contributed by atoms with Crippen LogP contribution in [-0.2, 0) is 15.5 Å². The van der Waals surface area contributed by atoms with Crippen LogP contribution in [0, 0.1) is 0 Å². The number of aliphatic hydroxyl groups is 1. The quantitative estimate of drug-likeness (QED) is 0.428. The van der Waals surface area contributed by atoms with Crippen LogP contribution in [0.4, 0.5) is 0 Å². The fourth-order valence-corrected chi connectivity index (χ4v) is 0.435. The molecule has 0 aromatic carbocycles. The summed E-state index contributed by atoms with van der Waals surface area (Å²) in [6.45, 7) is -0.0366. The number of hydrogen-bond acceptors (Lipinski definition) is 3. The van der Waals surface area contributed by atoms with Gasteiger partial charge in [0.1, 0.15) is 0 Å². The Morgan fingerprint density at radius 2 is 2.22 bits per heavy atom. The first-order valence-electron chi connectivity index (χ1n) is 2.27. The standard InChI is InChI=1S/C4H8O4S/c5-3-1-2-4-8-9(6)7/h1-2,5H,3-4H2,(H,6,7). The van der Waals surface area contributed by atoms with Gasteiger partial charge < -0.3 is 5.11 Å². The highest BCUT2D eigenvalue weighted by Gasteiger charge is 1.85. The van der Waals surface area contributed by atoms with Gasteiger partial charge in [-0.25, -0.2) is 0 Å². The highest BCUT2D eigenvalue weighted by atomic mass is 32.2. The molecule has 0 aliphatic heterocycles. The van der Waals surface area contributed by atoms with E-state index in [2.05, 4.69) is 4.18 Å². The fraction of sp³-hybridized carbons (Fsp3) is 0.500. The third kappa shape index (κ3) is 7.77. The van der Waals surface area contributed by atoms with E-state index in [4.69, 9.17) is 9.66 Å². The molecule has 0 rings (SSSR count). The van der Waals surface area contributed by atoms with Crippen LogP contribution in [0.25, 0.3) is 0 Å². The Morgan fingerprint density at radius 1 is 1.56 bits per heavy atom. The Balaban J connectivity index is 3.09. The zero-order chi connectivity index (χ0) is 7.11. The minimum Gasteiger partial charge on any atom is -0.392 e. The summed E-state index contributed by atoms with van der Waals surface area (Å²) in [7, 11) is 0. The summed E-state index contributed by atoms with van der Waals surface area (Å²) in [5.74, 6) is 0. The lowest BCUT2D eigenvalue weighted by atomic mass is 10.5. The van der Waals surface area contributed by atoms with Crippen LogP contribution in [0.1, 0.15) is 0 Å². The van der Waals surface area contributed by atoms with Gasteiger partial charge in [0.15, 0.2) is 0 Å². The highest BCUT2D eigenvalue weighted by Crippen LogP contribution is 1.79. The van der Waals surface area contributed by atoms with Gasteiger partial charge in [-0.15, -0.1) is 0 Å². The fourth-order valence-electron chi connectivity index (χ4n) is 0.240. The molecule has 0 saturated carbocycles. The Hall–Kier alpha value is -0.230. The van der Waals surface area contributed by atoms with Crippen LogP contribution in [0.5, 0.6) is 0 Å². The summed E-state index contributed by atoms with van der Waals surface area (Å²) in [5, 5.41) is 8.15. The van der Waals surface area contributed by atoms with E-state index in [1.54, 1.807) is 0 Å². The summed E-state index contributed by atoms with van der Waals surface area (Å²) >= 11 is -2.20. The van der Waals surface area contributed by atoms with Crippen LogP contribution in [-0.4, -0.2) is 27.1 Å². The maximum absolute atomic E-state index is 9.75. The molecule has 0 saturated heterocycles. The maximum atomic E-state index is 9.75. The molecule has 0 aliphatic rings. The summed E-state index contributed by atoms with van der Waals surface area (Å²) in [6, 6.07) is 0. The van der Waals surface area contributed by atoms with Crippen LogP contribution >= 0.6 is 0 Å². The first-order valence-corrected chi connectivity index (χ1v) is 3.30. The zero-order valence-corrected chi connectivity index (χ0v) is 5.50. The molecule has 0 aromatic heterocycles. The molecule has 5 heteroatoms. The monoisotopic (exact) mass is 152 g/mol.